The Kier molecular flexibility index (Phi) is 3.83. The normalized spacial score (nSPS) is 9.88. The van der Waals surface area contributed by atoms with Crippen molar-refractivity contribution < 1.29 is 14.5 Å². The van der Waals surface area contributed by atoms with Crippen molar-refractivity contribution in [2.75, 3.05) is 18.2 Å². The molecule has 1 aromatic carbocycles. The van der Waals surface area contributed by atoms with Gasteiger partial charge in [0.15, 0.2) is 5.78 Å². The van der Waals surface area contributed by atoms with Crippen LogP contribution in [-0.2, 0) is 0 Å². The number of Topliss-reactive ketones (excluding diaryl/α,β-unsaturated/α-hetero) is 1. The van der Waals surface area contributed by atoms with E-state index < -0.39 is 4.92 Å². The lowest BCUT2D eigenvalue weighted by atomic mass is 10.1. The summed E-state index contributed by atoms with van der Waals surface area (Å²) in [4.78, 5) is 21.5. The summed E-state index contributed by atoms with van der Waals surface area (Å²) in [6, 6.07) is 2.39. The molecular formula is C9H9BrN2O4. The Labute approximate surface area is 99.7 Å². The lowest BCUT2D eigenvalue weighted by Crippen LogP contribution is -2.06. The van der Waals surface area contributed by atoms with Crippen LogP contribution in [0.3, 0.4) is 0 Å². The second kappa shape index (κ2) is 4.93. The molecule has 0 saturated heterocycles. The van der Waals surface area contributed by atoms with Gasteiger partial charge in [-0.3, -0.25) is 14.9 Å². The molecule has 7 heteroatoms. The fourth-order valence-electron chi connectivity index (χ4n) is 1.20. The van der Waals surface area contributed by atoms with Gasteiger partial charge in [-0.2, -0.15) is 0 Å². The highest BCUT2D eigenvalue weighted by atomic mass is 79.9. The largest absolute Gasteiger partial charge is 0.496 e. The van der Waals surface area contributed by atoms with E-state index >= 15 is 0 Å². The third-order valence-electron chi connectivity index (χ3n) is 1.97. The van der Waals surface area contributed by atoms with Crippen molar-refractivity contribution in [1.29, 1.82) is 0 Å². The number of carbonyl (C=O) groups is 1. The number of carbonyl (C=O) groups excluding carboxylic acids is 1. The lowest BCUT2D eigenvalue weighted by Gasteiger charge is -2.07. The number of alkyl halides is 1. The van der Waals surface area contributed by atoms with Crippen LogP contribution in [0.2, 0.25) is 0 Å². The highest BCUT2D eigenvalue weighted by Crippen LogP contribution is 2.31. The maximum absolute atomic E-state index is 11.5. The molecule has 2 N–H and O–H groups in total. The van der Waals surface area contributed by atoms with Crippen molar-refractivity contribution in [2.45, 2.75) is 0 Å². The Bertz CT molecular complexity index is 447. The van der Waals surface area contributed by atoms with Gasteiger partial charge in [0.05, 0.1) is 22.9 Å². The number of nitrogens with two attached hydrogens (primary N) is 1. The number of halogens is 1. The Morgan fingerprint density at radius 3 is 2.69 bits per heavy atom. The van der Waals surface area contributed by atoms with Gasteiger partial charge in [0.2, 0.25) is 0 Å². The summed E-state index contributed by atoms with van der Waals surface area (Å²) >= 11 is 2.99. The van der Waals surface area contributed by atoms with Gasteiger partial charge in [0.25, 0.3) is 5.69 Å². The smallest absolute Gasteiger partial charge is 0.293 e. The molecule has 0 heterocycles. The van der Waals surface area contributed by atoms with Gasteiger partial charge in [-0.1, -0.05) is 15.9 Å². The van der Waals surface area contributed by atoms with Gasteiger partial charge < -0.3 is 10.5 Å². The minimum absolute atomic E-state index is 0.0343. The molecule has 0 bridgehead atoms. The number of hydrogen-bond donors (Lipinski definition) is 1. The Morgan fingerprint density at radius 2 is 2.25 bits per heavy atom. The second-order valence-corrected chi connectivity index (χ2v) is 3.49. The molecule has 1 aromatic rings. The van der Waals surface area contributed by atoms with Crippen LogP contribution < -0.4 is 10.5 Å². The molecule has 0 fully saturated rings. The molecule has 0 aliphatic carbocycles. The van der Waals surface area contributed by atoms with Crippen molar-refractivity contribution in [2.24, 2.45) is 0 Å². The van der Waals surface area contributed by atoms with E-state index in [0.717, 1.165) is 6.07 Å². The topological polar surface area (TPSA) is 95.5 Å². The molecule has 0 saturated carbocycles. The molecule has 0 radical (unpaired) electrons. The highest BCUT2D eigenvalue weighted by Gasteiger charge is 2.20. The molecule has 0 atom stereocenters. The van der Waals surface area contributed by atoms with Crippen LogP contribution in [0, 0.1) is 10.1 Å². The number of nitrogens with zero attached hydrogens (tertiary/aromatic N) is 1. The number of nitro groups is 1. The van der Waals surface area contributed by atoms with E-state index in [1.54, 1.807) is 0 Å². The number of rotatable bonds is 4. The quantitative estimate of drug-likeness (QED) is 0.299. The summed E-state index contributed by atoms with van der Waals surface area (Å²) in [5.41, 5.74) is 5.27. The van der Waals surface area contributed by atoms with E-state index in [0.29, 0.717) is 0 Å². The maximum atomic E-state index is 11.5. The van der Waals surface area contributed by atoms with Crippen LogP contribution >= 0.6 is 15.9 Å². The summed E-state index contributed by atoms with van der Waals surface area (Å²) < 4.78 is 4.94. The fraction of sp³-hybridized carbons (Fsp3) is 0.222. The molecular weight excluding hydrogens is 280 g/mol. The van der Waals surface area contributed by atoms with Crippen LogP contribution in [0.1, 0.15) is 10.4 Å². The number of ketones is 1. The Morgan fingerprint density at radius 1 is 1.62 bits per heavy atom. The van der Waals surface area contributed by atoms with Gasteiger partial charge in [-0.15, -0.1) is 0 Å². The molecule has 0 aliphatic heterocycles. The van der Waals surface area contributed by atoms with E-state index in [1.165, 1.54) is 13.2 Å². The van der Waals surface area contributed by atoms with Crippen molar-refractivity contribution in [1.82, 2.24) is 0 Å². The second-order valence-electron chi connectivity index (χ2n) is 2.93. The van der Waals surface area contributed by atoms with E-state index in [2.05, 4.69) is 15.9 Å². The summed E-state index contributed by atoms with van der Waals surface area (Å²) in [6.45, 7) is 0. The number of ether oxygens (including phenoxy) is 1. The van der Waals surface area contributed by atoms with Crippen LogP contribution in [0.15, 0.2) is 12.1 Å². The first-order chi connectivity index (χ1) is 7.51. The first kappa shape index (κ1) is 12.4. The number of benzene rings is 1. The standard InChI is InChI=1S/C9H9BrN2O4/c1-16-9-3-6(11)7(12(14)15)2-5(9)8(13)4-10/h2-3H,4,11H2,1H3. The third-order valence-corrected chi connectivity index (χ3v) is 2.48. The minimum atomic E-state index is -0.639. The zero-order valence-electron chi connectivity index (χ0n) is 8.40. The predicted octanol–water partition coefficient (Wildman–Crippen LogP) is 1.76. The minimum Gasteiger partial charge on any atom is -0.496 e. The van der Waals surface area contributed by atoms with Gasteiger partial charge in [0.1, 0.15) is 11.4 Å². The molecule has 86 valence electrons. The van der Waals surface area contributed by atoms with E-state index in [1.807, 2.05) is 0 Å². The zero-order chi connectivity index (χ0) is 12.3. The molecule has 0 amide bonds. The summed E-state index contributed by atoms with van der Waals surface area (Å²) in [6.07, 6.45) is 0. The third kappa shape index (κ3) is 2.30. The SMILES string of the molecule is COc1cc(N)c([N+](=O)[O-])cc1C(=O)CBr. The van der Waals surface area contributed by atoms with Crippen LogP contribution in [-0.4, -0.2) is 23.1 Å². The molecule has 0 spiro atoms. The number of methoxy groups -OCH3 is 1. The number of nitro benzene ring substituents is 1. The number of anilines is 1. The van der Waals surface area contributed by atoms with Crippen molar-refractivity contribution >= 4 is 33.1 Å². The maximum Gasteiger partial charge on any atom is 0.293 e. The predicted molar refractivity (Wildman–Crippen MR) is 62.2 cm³/mol. The average molecular weight is 289 g/mol. The first-order valence-corrected chi connectivity index (χ1v) is 5.34. The van der Waals surface area contributed by atoms with Crippen LogP contribution in [0.5, 0.6) is 5.75 Å². The summed E-state index contributed by atoms with van der Waals surface area (Å²) in [5.74, 6) is -0.0764. The van der Waals surface area contributed by atoms with Crippen molar-refractivity contribution in [3.8, 4) is 5.75 Å². The van der Waals surface area contributed by atoms with Gasteiger partial charge >= 0.3 is 0 Å². The zero-order valence-corrected chi connectivity index (χ0v) is 9.98. The highest BCUT2D eigenvalue weighted by molar-refractivity contribution is 9.09. The monoisotopic (exact) mass is 288 g/mol. The van der Waals surface area contributed by atoms with E-state index in [9.17, 15) is 14.9 Å². The lowest BCUT2D eigenvalue weighted by molar-refractivity contribution is -0.383. The van der Waals surface area contributed by atoms with Crippen molar-refractivity contribution in [3.05, 3.63) is 27.8 Å². The van der Waals surface area contributed by atoms with Gasteiger partial charge in [0, 0.05) is 12.1 Å². The average Bonchev–Trinajstić information content (AvgIpc) is 2.27. The molecule has 0 unspecified atom stereocenters. The molecule has 0 aliphatic rings. The molecule has 6 nitrogen and oxygen atoms in total. The van der Waals surface area contributed by atoms with Gasteiger partial charge in [-0.25, -0.2) is 0 Å². The Hall–Kier alpha value is -1.63. The first-order valence-electron chi connectivity index (χ1n) is 4.22. The summed E-state index contributed by atoms with van der Waals surface area (Å²) in [7, 11) is 1.37. The molecule has 0 aromatic heterocycles. The number of hydrogen-bond acceptors (Lipinski definition) is 5. The number of nitrogen functional groups attached to an aromatic ring is 1. The van der Waals surface area contributed by atoms with E-state index in [4.69, 9.17) is 10.5 Å². The molecule has 16 heavy (non-hydrogen) atoms. The Balaban J connectivity index is 3.40. The van der Waals surface area contributed by atoms with Gasteiger partial charge in [-0.05, 0) is 0 Å². The van der Waals surface area contributed by atoms with Crippen LogP contribution in [0.4, 0.5) is 11.4 Å². The van der Waals surface area contributed by atoms with Crippen molar-refractivity contribution in [3.63, 3.8) is 0 Å². The fourth-order valence-corrected chi connectivity index (χ4v) is 1.50. The van der Waals surface area contributed by atoms with E-state index in [-0.39, 0.29) is 33.8 Å². The van der Waals surface area contributed by atoms with Crippen LogP contribution in [0.25, 0.3) is 0 Å². The molecule has 1 rings (SSSR count). The summed E-state index contributed by atoms with van der Waals surface area (Å²) in [5, 5.41) is 10.7.